The van der Waals surface area contributed by atoms with E-state index >= 15 is 0 Å². The molecule has 1 aliphatic rings. The molecule has 5 nitrogen and oxygen atoms in total. The van der Waals surface area contributed by atoms with Gasteiger partial charge in [0.15, 0.2) is 0 Å². The van der Waals surface area contributed by atoms with Crippen molar-refractivity contribution >= 4 is 11.9 Å². The summed E-state index contributed by atoms with van der Waals surface area (Å²) in [5, 5.41) is 2.54. The second-order valence-corrected chi connectivity index (χ2v) is 6.77. The summed E-state index contributed by atoms with van der Waals surface area (Å²) in [5.74, 6) is -5.47. The van der Waals surface area contributed by atoms with E-state index in [1.165, 1.54) is 20.8 Å². The number of allylic oxidation sites excluding steroid dienone is 2. The minimum Gasteiger partial charge on any atom is -0.466 e. The third-order valence-corrected chi connectivity index (χ3v) is 4.39. The molecule has 1 atom stereocenters. The highest BCUT2D eigenvalue weighted by atomic mass is 19.4. The first-order chi connectivity index (χ1) is 13.9. The number of carbonyl (C=O) groups is 2. The maximum atomic E-state index is 15.0. The predicted octanol–water partition coefficient (Wildman–Crippen LogP) is 4.15. The van der Waals surface area contributed by atoms with Crippen LogP contribution in [0.25, 0.3) is 0 Å². The topological polar surface area (TPSA) is 64.6 Å². The van der Waals surface area contributed by atoms with Gasteiger partial charge in [0, 0.05) is 11.3 Å². The largest absolute Gasteiger partial charge is 0.466 e. The van der Waals surface area contributed by atoms with Gasteiger partial charge < -0.3 is 14.8 Å². The number of ether oxygens (including phenoxy) is 2. The predicted molar refractivity (Wildman–Crippen MR) is 96.2 cm³/mol. The average molecular weight is 433 g/mol. The molecule has 2 rings (SSSR count). The Bertz CT molecular complexity index is 918. The SMILES string of the molecule is COC(=O)C1=C(CF)NC(C)=C(C(=O)OC(C)C)C1c1cccc(C(F)(F)F)c1F. The number of rotatable bonds is 5. The van der Waals surface area contributed by atoms with Crippen molar-refractivity contribution in [2.75, 3.05) is 13.8 Å². The number of hydrogen-bond acceptors (Lipinski definition) is 5. The van der Waals surface area contributed by atoms with Gasteiger partial charge in [0.1, 0.15) is 12.5 Å². The third-order valence-electron chi connectivity index (χ3n) is 4.39. The van der Waals surface area contributed by atoms with Crippen LogP contribution in [-0.4, -0.2) is 31.8 Å². The average Bonchev–Trinajstić information content (AvgIpc) is 2.65. The second-order valence-electron chi connectivity index (χ2n) is 6.77. The molecule has 30 heavy (non-hydrogen) atoms. The van der Waals surface area contributed by atoms with Gasteiger partial charge in [0.25, 0.3) is 0 Å². The summed E-state index contributed by atoms with van der Waals surface area (Å²) in [5.41, 5.74) is -3.38. The highest BCUT2D eigenvalue weighted by molar-refractivity contribution is 6.00. The van der Waals surface area contributed by atoms with E-state index in [1.807, 2.05) is 0 Å². The van der Waals surface area contributed by atoms with Crippen LogP contribution in [0.4, 0.5) is 22.0 Å². The van der Waals surface area contributed by atoms with E-state index < -0.39 is 59.3 Å². The number of esters is 2. The van der Waals surface area contributed by atoms with Crippen LogP contribution in [0.15, 0.2) is 40.7 Å². The lowest BCUT2D eigenvalue weighted by molar-refractivity contribution is -0.143. The molecule has 0 saturated heterocycles. The zero-order chi connectivity index (χ0) is 22.8. The van der Waals surface area contributed by atoms with E-state index in [0.29, 0.717) is 6.07 Å². The normalized spacial score (nSPS) is 17.2. The molecule has 0 fully saturated rings. The summed E-state index contributed by atoms with van der Waals surface area (Å²) in [6, 6.07) is 2.46. The molecule has 10 heteroatoms. The molecule has 164 valence electrons. The molecule has 1 aromatic carbocycles. The first-order valence-corrected chi connectivity index (χ1v) is 8.85. The van der Waals surface area contributed by atoms with Crippen molar-refractivity contribution in [3.8, 4) is 0 Å². The summed E-state index contributed by atoms with van der Waals surface area (Å²) in [4.78, 5) is 25.1. The number of dihydropyridines is 1. The maximum absolute atomic E-state index is 15.0. The molecule has 0 saturated carbocycles. The minimum atomic E-state index is -5.03. The third kappa shape index (κ3) is 4.47. The Morgan fingerprint density at radius 1 is 1.17 bits per heavy atom. The summed E-state index contributed by atoms with van der Waals surface area (Å²) < 4.78 is 78.1. The van der Waals surface area contributed by atoms with E-state index in [0.717, 1.165) is 19.2 Å². The van der Waals surface area contributed by atoms with E-state index in [-0.39, 0.29) is 17.0 Å². The Morgan fingerprint density at radius 2 is 1.80 bits per heavy atom. The Kier molecular flexibility index (Phi) is 6.89. The minimum absolute atomic E-state index is 0.0164. The molecule has 0 aromatic heterocycles. The van der Waals surface area contributed by atoms with Gasteiger partial charge in [0.05, 0.1) is 41.5 Å². The van der Waals surface area contributed by atoms with Crippen molar-refractivity contribution < 1.29 is 41.0 Å². The van der Waals surface area contributed by atoms with Crippen LogP contribution in [-0.2, 0) is 25.2 Å². The van der Waals surface area contributed by atoms with Gasteiger partial charge in [0.2, 0.25) is 0 Å². The van der Waals surface area contributed by atoms with Gasteiger partial charge in [-0.05, 0) is 26.8 Å². The zero-order valence-corrected chi connectivity index (χ0v) is 16.6. The van der Waals surface area contributed by atoms with Gasteiger partial charge in [-0.15, -0.1) is 0 Å². The van der Waals surface area contributed by atoms with Gasteiger partial charge >= 0.3 is 18.1 Å². The summed E-state index contributed by atoms with van der Waals surface area (Å²) >= 11 is 0. The van der Waals surface area contributed by atoms with E-state index in [9.17, 15) is 31.5 Å². The Morgan fingerprint density at radius 3 is 2.30 bits per heavy atom. The Hall–Kier alpha value is -2.91. The van der Waals surface area contributed by atoms with Crippen LogP contribution in [0.1, 0.15) is 37.8 Å². The molecule has 1 unspecified atom stereocenters. The maximum Gasteiger partial charge on any atom is 0.419 e. The van der Waals surface area contributed by atoms with Crippen molar-refractivity contribution in [3.63, 3.8) is 0 Å². The molecule has 0 spiro atoms. The van der Waals surface area contributed by atoms with Gasteiger partial charge in [-0.25, -0.2) is 18.4 Å². The van der Waals surface area contributed by atoms with Crippen LogP contribution in [0.3, 0.4) is 0 Å². The molecule has 0 amide bonds. The highest BCUT2D eigenvalue weighted by Gasteiger charge is 2.43. The fourth-order valence-electron chi connectivity index (χ4n) is 3.20. The molecule has 0 aliphatic carbocycles. The number of carbonyl (C=O) groups excluding carboxylic acids is 2. The first-order valence-electron chi connectivity index (χ1n) is 8.85. The summed E-state index contributed by atoms with van der Waals surface area (Å²) in [6.07, 6.45) is -5.64. The molecular formula is C20H20F5NO4. The first kappa shape index (κ1) is 23.4. The van der Waals surface area contributed by atoms with Crippen LogP contribution >= 0.6 is 0 Å². The smallest absolute Gasteiger partial charge is 0.419 e. The Labute approximate surface area is 169 Å². The quantitative estimate of drug-likeness (QED) is 0.558. The van der Waals surface area contributed by atoms with Crippen LogP contribution < -0.4 is 5.32 Å². The van der Waals surface area contributed by atoms with Crippen molar-refractivity contribution in [2.45, 2.75) is 39.0 Å². The number of nitrogens with one attached hydrogen (secondary N) is 1. The lowest BCUT2D eigenvalue weighted by Gasteiger charge is -2.31. The van der Waals surface area contributed by atoms with E-state index in [2.05, 4.69) is 10.1 Å². The number of benzene rings is 1. The standard InChI is InChI=1S/C20H20F5NO4/c1-9(2)30-19(28)14-10(3)26-13(8-21)16(18(27)29-4)15(14)11-6-5-7-12(17(11)22)20(23,24)25/h5-7,9,15,26H,8H2,1-4H3. The monoisotopic (exact) mass is 433 g/mol. The van der Waals surface area contributed by atoms with Crippen molar-refractivity contribution in [1.29, 1.82) is 0 Å². The lowest BCUT2D eigenvalue weighted by atomic mass is 9.79. The summed E-state index contributed by atoms with van der Waals surface area (Å²) in [7, 11) is 0.974. The van der Waals surface area contributed by atoms with Gasteiger partial charge in [-0.3, -0.25) is 0 Å². The fourth-order valence-corrected chi connectivity index (χ4v) is 3.20. The summed E-state index contributed by atoms with van der Waals surface area (Å²) in [6.45, 7) is 3.19. The molecule has 1 aromatic rings. The van der Waals surface area contributed by atoms with Crippen LogP contribution in [0, 0.1) is 5.82 Å². The molecule has 1 aliphatic heterocycles. The van der Waals surface area contributed by atoms with Crippen molar-refractivity contribution in [2.24, 2.45) is 0 Å². The van der Waals surface area contributed by atoms with Crippen LogP contribution in [0.2, 0.25) is 0 Å². The van der Waals surface area contributed by atoms with Crippen molar-refractivity contribution in [3.05, 3.63) is 57.7 Å². The lowest BCUT2D eigenvalue weighted by Crippen LogP contribution is -2.35. The zero-order valence-electron chi connectivity index (χ0n) is 16.6. The number of alkyl halides is 4. The van der Waals surface area contributed by atoms with Crippen molar-refractivity contribution in [1.82, 2.24) is 5.32 Å². The Balaban J connectivity index is 2.84. The van der Waals surface area contributed by atoms with Gasteiger partial charge in [-0.2, -0.15) is 13.2 Å². The number of hydrogen-bond donors (Lipinski definition) is 1. The fraction of sp³-hybridized carbons (Fsp3) is 0.400. The second kappa shape index (κ2) is 8.85. The van der Waals surface area contributed by atoms with E-state index in [4.69, 9.17) is 4.74 Å². The number of halogens is 5. The highest BCUT2D eigenvalue weighted by Crippen LogP contribution is 2.43. The molecule has 0 bridgehead atoms. The van der Waals surface area contributed by atoms with Gasteiger partial charge in [-0.1, -0.05) is 12.1 Å². The number of methoxy groups -OCH3 is 1. The molecule has 0 radical (unpaired) electrons. The van der Waals surface area contributed by atoms with Crippen LogP contribution in [0.5, 0.6) is 0 Å². The molecule has 1 heterocycles. The molecule has 1 N–H and O–H groups in total. The molecular weight excluding hydrogens is 413 g/mol. The van der Waals surface area contributed by atoms with E-state index in [1.54, 1.807) is 0 Å².